The molecule has 0 saturated carbocycles. The van der Waals surface area contributed by atoms with Gasteiger partial charge < -0.3 is 10.4 Å². The number of carbonyl (C=O) groups is 2. The molecule has 2 atom stereocenters. The van der Waals surface area contributed by atoms with Crippen molar-refractivity contribution in [2.24, 2.45) is 5.92 Å². The maximum absolute atomic E-state index is 15.4. The zero-order chi connectivity index (χ0) is 18.5. The van der Waals surface area contributed by atoms with Gasteiger partial charge in [-0.2, -0.15) is 8.78 Å². The van der Waals surface area contributed by atoms with Gasteiger partial charge in [-0.15, -0.1) is 0 Å². The van der Waals surface area contributed by atoms with E-state index in [1.807, 2.05) is 0 Å². The number of hydrogen-bond donors (Lipinski definition) is 2. The number of nitrogens with one attached hydrogen (secondary N) is 1. The number of para-hydroxylation sites is 1. The molecule has 2 aliphatic rings. The highest BCUT2D eigenvalue weighted by molar-refractivity contribution is 6.08. The summed E-state index contributed by atoms with van der Waals surface area (Å²) < 4.78 is 30.8. The van der Waals surface area contributed by atoms with Crippen LogP contribution in [-0.4, -0.2) is 33.4 Å². The SMILES string of the molecule is O=C(O)C1CCN(C(F)(F)c2ccncc2)C12C(=O)Nc1ccccc12. The molecule has 1 amide bonds. The number of carboxylic acid groups (broad SMARTS) is 1. The number of aromatic nitrogens is 1. The summed E-state index contributed by atoms with van der Waals surface area (Å²) in [6.45, 7) is -0.228. The first-order chi connectivity index (χ1) is 12.4. The minimum absolute atomic E-state index is 0.0578. The molecule has 26 heavy (non-hydrogen) atoms. The van der Waals surface area contributed by atoms with Crippen LogP contribution in [0.5, 0.6) is 0 Å². The topological polar surface area (TPSA) is 82.5 Å². The molecule has 8 heteroatoms. The Hall–Kier alpha value is -2.87. The maximum Gasteiger partial charge on any atom is 0.333 e. The third kappa shape index (κ3) is 2.02. The number of carboxylic acids is 1. The molecule has 2 aliphatic heterocycles. The first-order valence-electron chi connectivity index (χ1n) is 8.10. The molecular weight excluding hydrogens is 344 g/mol. The molecule has 0 radical (unpaired) electrons. The average Bonchev–Trinajstić information content (AvgIpc) is 3.17. The molecule has 3 heterocycles. The lowest BCUT2D eigenvalue weighted by atomic mass is 9.79. The number of hydrogen-bond acceptors (Lipinski definition) is 4. The van der Waals surface area contributed by atoms with E-state index in [1.165, 1.54) is 30.6 Å². The van der Waals surface area contributed by atoms with Gasteiger partial charge in [-0.3, -0.25) is 14.6 Å². The molecule has 1 aromatic heterocycles. The normalized spacial score (nSPS) is 25.3. The molecule has 2 aromatic rings. The number of benzene rings is 1. The summed E-state index contributed by atoms with van der Waals surface area (Å²) in [5.74, 6) is -3.29. The van der Waals surface area contributed by atoms with Crippen LogP contribution in [0.1, 0.15) is 17.5 Å². The lowest BCUT2D eigenvalue weighted by Gasteiger charge is -2.40. The zero-order valence-electron chi connectivity index (χ0n) is 13.5. The van der Waals surface area contributed by atoms with Gasteiger partial charge in [0.05, 0.1) is 5.92 Å². The van der Waals surface area contributed by atoms with Gasteiger partial charge in [-0.25, -0.2) is 4.90 Å². The number of rotatable bonds is 3. The van der Waals surface area contributed by atoms with Crippen molar-refractivity contribution in [2.45, 2.75) is 18.0 Å². The lowest BCUT2D eigenvalue weighted by molar-refractivity contribution is -0.197. The third-order valence-corrected chi connectivity index (χ3v) is 5.17. The average molecular weight is 359 g/mol. The van der Waals surface area contributed by atoms with Gasteiger partial charge in [0.2, 0.25) is 0 Å². The fraction of sp³-hybridized carbons (Fsp3) is 0.278. The molecule has 1 fully saturated rings. The van der Waals surface area contributed by atoms with Crippen molar-refractivity contribution in [3.63, 3.8) is 0 Å². The Bertz CT molecular complexity index is 890. The number of anilines is 1. The van der Waals surface area contributed by atoms with E-state index in [2.05, 4.69) is 10.3 Å². The van der Waals surface area contributed by atoms with Gasteiger partial charge in [0.15, 0.2) is 0 Å². The molecule has 134 valence electrons. The molecule has 0 aliphatic carbocycles. The molecule has 2 unspecified atom stereocenters. The Morgan fingerprint density at radius 2 is 1.96 bits per heavy atom. The van der Waals surface area contributed by atoms with Gasteiger partial charge in [0.1, 0.15) is 5.54 Å². The molecule has 4 rings (SSSR count). The number of fused-ring (bicyclic) bond motifs is 2. The van der Waals surface area contributed by atoms with Crippen LogP contribution in [0, 0.1) is 5.92 Å². The molecular formula is C18H15F2N3O3. The smallest absolute Gasteiger partial charge is 0.333 e. The summed E-state index contributed by atoms with van der Waals surface area (Å²) >= 11 is 0. The highest BCUT2D eigenvalue weighted by Gasteiger charge is 2.67. The van der Waals surface area contributed by atoms with Crippen molar-refractivity contribution >= 4 is 17.6 Å². The van der Waals surface area contributed by atoms with E-state index in [0.717, 1.165) is 4.90 Å². The number of halogens is 2. The maximum atomic E-state index is 15.4. The largest absolute Gasteiger partial charge is 0.481 e. The Balaban J connectivity index is 1.94. The molecule has 2 N–H and O–H groups in total. The first kappa shape index (κ1) is 16.6. The number of carbonyl (C=O) groups excluding carboxylic acids is 1. The Labute approximate surface area is 147 Å². The minimum Gasteiger partial charge on any atom is -0.481 e. The van der Waals surface area contributed by atoms with Crippen LogP contribution in [-0.2, 0) is 21.2 Å². The van der Waals surface area contributed by atoms with E-state index in [1.54, 1.807) is 18.2 Å². The second kappa shape index (κ2) is 5.57. The fourth-order valence-electron chi connectivity index (χ4n) is 4.08. The van der Waals surface area contributed by atoms with Crippen molar-refractivity contribution in [2.75, 3.05) is 11.9 Å². The van der Waals surface area contributed by atoms with Crippen LogP contribution in [0.3, 0.4) is 0 Å². The van der Waals surface area contributed by atoms with Crippen molar-refractivity contribution in [3.05, 3.63) is 59.9 Å². The summed E-state index contributed by atoms with van der Waals surface area (Å²) in [7, 11) is 0. The second-order valence-corrected chi connectivity index (χ2v) is 6.37. The van der Waals surface area contributed by atoms with Gasteiger partial charge >= 0.3 is 12.0 Å². The molecule has 6 nitrogen and oxygen atoms in total. The summed E-state index contributed by atoms with van der Waals surface area (Å²) in [4.78, 5) is 29.2. The number of alkyl halides is 2. The minimum atomic E-state index is -3.54. The van der Waals surface area contributed by atoms with Crippen LogP contribution >= 0.6 is 0 Å². The summed E-state index contributed by atoms with van der Waals surface area (Å²) in [6, 6.07) is 5.18. The first-order valence-corrected chi connectivity index (χ1v) is 8.10. The fourth-order valence-corrected chi connectivity index (χ4v) is 4.08. The molecule has 1 saturated heterocycles. The van der Waals surface area contributed by atoms with Crippen LogP contribution < -0.4 is 5.32 Å². The van der Waals surface area contributed by atoms with Gasteiger partial charge in [0.25, 0.3) is 5.91 Å². The molecule has 1 spiro atoms. The molecule has 0 bridgehead atoms. The molecule has 1 aromatic carbocycles. The van der Waals surface area contributed by atoms with Crippen LogP contribution in [0.15, 0.2) is 48.8 Å². The van der Waals surface area contributed by atoms with Gasteiger partial charge in [0, 0.05) is 35.8 Å². The van der Waals surface area contributed by atoms with E-state index >= 15 is 8.78 Å². The summed E-state index contributed by atoms with van der Waals surface area (Å²) in [5, 5.41) is 12.3. The zero-order valence-corrected chi connectivity index (χ0v) is 13.5. The third-order valence-electron chi connectivity index (χ3n) is 5.17. The summed E-state index contributed by atoms with van der Waals surface area (Å²) in [6.07, 6.45) is 2.42. The Morgan fingerprint density at radius 3 is 2.65 bits per heavy atom. The number of nitrogens with zero attached hydrogens (tertiary/aromatic N) is 2. The predicted octanol–water partition coefficient (Wildman–Crippen LogP) is 2.39. The van der Waals surface area contributed by atoms with Gasteiger partial charge in [-0.05, 0) is 24.6 Å². The van der Waals surface area contributed by atoms with E-state index in [9.17, 15) is 14.7 Å². The van der Waals surface area contributed by atoms with Crippen LogP contribution in [0.25, 0.3) is 0 Å². The quantitative estimate of drug-likeness (QED) is 0.823. The summed E-state index contributed by atoms with van der Waals surface area (Å²) in [5.41, 5.74) is -1.67. The number of aliphatic carboxylic acids is 1. The van der Waals surface area contributed by atoms with Crippen LogP contribution in [0.4, 0.5) is 14.5 Å². The monoisotopic (exact) mass is 359 g/mol. The predicted molar refractivity (Wildman–Crippen MR) is 87.3 cm³/mol. The standard InChI is InChI=1S/C18H15F2N3O3/c19-18(20,11-5-8-21-9-6-11)23-10-7-13(15(24)25)17(23)12-3-1-2-4-14(12)22-16(17)26/h1-6,8-9,13H,7,10H2,(H,22,26)(H,24,25). The number of amides is 1. The van der Waals surface area contributed by atoms with E-state index in [-0.39, 0.29) is 24.1 Å². The Kier molecular flexibility index (Phi) is 3.55. The highest BCUT2D eigenvalue weighted by Crippen LogP contribution is 2.55. The van der Waals surface area contributed by atoms with E-state index < -0.39 is 29.4 Å². The lowest BCUT2D eigenvalue weighted by Crippen LogP contribution is -2.57. The second-order valence-electron chi connectivity index (χ2n) is 6.37. The Morgan fingerprint density at radius 1 is 1.27 bits per heavy atom. The van der Waals surface area contributed by atoms with Gasteiger partial charge in [-0.1, -0.05) is 18.2 Å². The van der Waals surface area contributed by atoms with E-state index in [4.69, 9.17) is 0 Å². The highest BCUT2D eigenvalue weighted by atomic mass is 19.3. The van der Waals surface area contributed by atoms with Crippen molar-refractivity contribution in [1.29, 1.82) is 0 Å². The number of pyridine rings is 1. The number of likely N-dealkylation sites (tertiary alicyclic amines) is 1. The van der Waals surface area contributed by atoms with Crippen molar-refractivity contribution < 1.29 is 23.5 Å². The van der Waals surface area contributed by atoms with E-state index in [0.29, 0.717) is 5.69 Å². The van der Waals surface area contributed by atoms with Crippen molar-refractivity contribution in [1.82, 2.24) is 9.88 Å². The van der Waals surface area contributed by atoms with Crippen LogP contribution in [0.2, 0.25) is 0 Å². The van der Waals surface area contributed by atoms with Crippen molar-refractivity contribution in [3.8, 4) is 0 Å².